The van der Waals surface area contributed by atoms with E-state index in [2.05, 4.69) is 31.2 Å². The van der Waals surface area contributed by atoms with Crippen LogP contribution in [0.2, 0.25) is 0 Å². The van der Waals surface area contributed by atoms with Crippen LogP contribution in [0.25, 0.3) is 0 Å². The van der Waals surface area contributed by atoms with E-state index in [1.165, 1.54) is 11.1 Å². The summed E-state index contributed by atoms with van der Waals surface area (Å²) in [4.78, 5) is 0. The molecule has 17 heavy (non-hydrogen) atoms. The second kappa shape index (κ2) is 6.15. The smallest absolute Gasteiger partial charge is 0.0834 e. The lowest BCUT2D eigenvalue weighted by Crippen LogP contribution is -2.12. The summed E-state index contributed by atoms with van der Waals surface area (Å²) in [5, 5.41) is 0. The molecule has 0 saturated carbocycles. The Hall–Kier alpha value is -0.900. The molecule has 1 saturated heterocycles. The molecule has 1 aliphatic rings. The Labute approximate surface area is 103 Å². The van der Waals surface area contributed by atoms with Gasteiger partial charge in [0.1, 0.15) is 0 Å². The minimum atomic E-state index is 0.276. The zero-order chi connectivity index (χ0) is 12.1. The number of rotatable bonds is 5. The molecular formula is C14H21NO2. The molecule has 2 rings (SSSR count). The number of nitrogens with two attached hydrogens (primary N) is 1. The predicted molar refractivity (Wildman–Crippen MR) is 67.9 cm³/mol. The second-order valence-corrected chi connectivity index (χ2v) is 4.67. The largest absolute Gasteiger partial charge is 0.379 e. The van der Waals surface area contributed by atoms with Crippen molar-refractivity contribution in [2.45, 2.75) is 32.0 Å². The topological polar surface area (TPSA) is 44.5 Å². The molecule has 0 amide bonds. The highest BCUT2D eigenvalue weighted by Gasteiger charge is 2.15. The molecule has 3 heteroatoms. The van der Waals surface area contributed by atoms with Gasteiger partial charge in [0.2, 0.25) is 0 Å². The number of benzene rings is 1. The monoisotopic (exact) mass is 235 g/mol. The van der Waals surface area contributed by atoms with Crippen LogP contribution in [-0.2, 0) is 16.1 Å². The SMILES string of the molecule is CC(CN)c1ccc(COC2CCOC2)cc1. The molecule has 0 aromatic heterocycles. The first-order valence-electron chi connectivity index (χ1n) is 6.28. The van der Waals surface area contributed by atoms with Crippen LogP contribution in [0.3, 0.4) is 0 Å². The fraction of sp³-hybridized carbons (Fsp3) is 0.571. The van der Waals surface area contributed by atoms with Crippen molar-refractivity contribution in [3.8, 4) is 0 Å². The van der Waals surface area contributed by atoms with E-state index in [1.54, 1.807) is 0 Å². The molecule has 2 unspecified atom stereocenters. The van der Waals surface area contributed by atoms with Crippen molar-refractivity contribution >= 4 is 0 Å². The van der Waals surface area contributed by atoms with E-state index in [4.69, 9.17) is 15.2 Å². The van der Waals surface area contributed by atoms with Gasteiger partial charge in [-0.25, -0.2) is 0 Å². The number of hydrogen-bond donors (Lipinski definition) is 1. The van der Waals surface area contributed by atoms with E-state index < -0.39 is 0 Å². The summed E-state index contributed by atoms with van der Waals surface area (Å²) >= 11 is 0. The third-order valence-electron chi connectivity index (χ3n) is 3.28. The molecule has 0 bridgehead atoms. The minimum absolute atomic E-state index is 0.276. The van der Waals surface area contributed by atoms with E-state index in [0.717, 1.165) is 19.6 Å². The van der Waals surface area contributed by atoms with Gasteiger partial charge in [-0.15, -0.1) is 0 Å². The van der Waals surface area contributed by atoms with Gasteiger partial charge in [0, 0.05) is 6.61 Å². The Kier molecular flexibility index (Phi) is 4.54. The van der Waals surface area contributed by atoms with Crippen LogP contribution in [0, 0.1) is 0 Å². The molecular weight excluding hydrogens is 214 g/mol. The Morgan fingerprint density at radius 2 is 2.18 bits per heavy atom. The lowest BCUT2D eigenvalue weighted by molar-refractivity contribution is 0.0317. The summed E-state index contributed by atoms with van der Waals surface area (Å²) in [5.41, 5.74) is 8.15. The van der Waals surface area contributed by atoms with Crippen molar-refractivity contribution in [2.24, 2.45) is 5.73 Å². The third kappa shape index (κ3) is 3.53. The zero-order valence-electron chi connectivity index (χ0n) is 10.4. The number of hydrogen-bond acceptors (Lipinski definition) is 3. The van der Waals surface area contributed by atoms with Crippen molar-refractivity contribution < 1.29 is 9.47 Å². The highest BCUT2D eigenvalue weighted by atomic mass is 16.5. The Morgan fingerprint density at radius 3 is 2.76 bits per heavy atom. The standard InChI is InChI=1S/C14H21NO2/c1-11(8-15)13-4-2-12(3-5-13)9-17-14-6-7-16-10-14/h2-5,11,14H,6-10,15H2,1H3. The van der Waals surface area contributed by atoms with Crippen molar-refractivity contribution in [1.82, 2.24) is 0 Å². The first-order chi connectivity index (χ1) is 8.29. The average Bonchev–Trinajstić information content (AvgIpc) is 2.89. The normalized spacial score (nSPS) is 21.6. The van der Waals surface area contributed by atoms with Crippen LogP contribution >= 0.6 is 0 Å². The third-order valence-corrected chi connectivity index (χ3v) is 3.28. The Bertz CT molecular complexity index is 331. The molecule has 2 atom stereocenters. The van der Waals surface area contributed by atoms with Gasteiger partial charge >= 0.3 is 0 Å². The van der Waals surface area contributed by atoms with Crippen LogP contribution in [-0.4, -0.2) is 25.9 Å². The van der Waals surface area contributed by atoms with Crippen LogP contribution in [0.15, 0.2) is 24.3 Å². The maximum absolute atomic E-state index is 5.77. The van der Waals surface area contributed by atoms with Gasteiger partial charge in [-0.3, -0.25) is 0 Å². The van der Waals surface area contributed by atoms with Gasteiger partial charge in [0.05, 0.1) is 19.3 Å². The Balaban J connectivity index is 1.84. The highest BCUT2D eigenvalue weighted by Crippen LogP contribution is 2.16. The van der Waals surface area contributed by atoms with Gasteiger partial charge in [-0.1, -0.05) is 31.2 Å². The molecule has 94 valence electrons. The fourth-order valence-corrected chi connectivity index (χ4v) is 1.94. The fourth-order valence-electron chi connectivity index (χ4n) is 1.94. The van der Waals surface area contributed by atoms with Gasteiger partial charge in [0.25, 0.3) is 0 Å². The van der Waals surface area contributed by atoms with Crippen LogP contribution in [0.1, 0.15) is 30.4 Å². The lowest BCUT2D eigenvalue weighted by Gasteiger charge is -2.12. The quantitative estimate of drug-likeness (QED) is 0.849. The van der Waals surface area contributed by atoms with Crippen LogP contribution in [0.4, 0.5) is 0 Å². The molecule has 1 aromatic rings. The summed E-state index contributed by atoms with van der Waals surface area (Å²) in [7, 11) is 0. The van der Waals surface area contributed by atoms with Gasteiger partial charge in [0.15, 0.2) is 0 Å². The molecule has 1 fully saturated rings. The van der Waals surface area contributed by atoms with Crippen molar-refractivity contribution in [3.05, 3.63) is 35.4 Å². The van der Waals surface area contributed by atoms with E-state index in [1.807, 2.05) is 0 Å². The van der Waals surface area contributed by atoms with Crippen molar-refractivity contribution in [2.75, 3.05) is 19.8 Å². The predicted octanol–water partition coefficient (Wildman–Crippen LogP) is 2.05. The summed E-state index contributed by atoms with van der Waals surface area (Å²) < 4.78 is 11.0. The molecule has 1 heterocycles. The van der Waals surface area contributed by atoms with Crippen molar-refractivity contribution in [1.29, 1.82) is 0 Å². The van der Waals surface area contributed by atoms with Crippen molar-refractivity contribution in [3.63, 3.8) is 0 Å². The highest BCUT2D eigenvalue weighted by molar-refractivity contribution is 5.24. The molecule has 0 spiro atoms. The van der Waals surface area contributed by atoms with E-state index in [9.17, 15) is 0 Å². The summed E-state index contributed by atoms with van der Waals surface area (Å²) in [6, 6.07) is 8.53. The zero-order valence-corrected chi connectivity index (χ0v) is 10.4. The Morgan fingerprint density at radius 1 is 1.41 bits per heavy atom. The molecule has 2 N–H and O–H groups in total. The maximum atomic E-state index is 5.77. The number of ether oxygens (including phenoxy) is 2. The first-order valence-corrected chi connectivity index (χ1v) is 6.28. The minimum Gasteiger partial charge on any atom is -0.379 e. The average molecular weight is 235 g/mol. The first kappa shape index (κ1) is 12.6. The van der Waals surface area contributed by atoms with Gasteiger partial charge in [-0.2, -0.15) is 0 Å². The van der Waals surface area contributed by atoms with Crippen LogP contribution < -0.4 is 5.73 Å². The van der Waals surface area contributed by atoms with Gasteiger partial charge < -0.3 is 15.2 Å². The van der Waals surface area contributed by atoms with Crippen LogP contribution in [0.5, 0.6) is 0 Å². The summed E-state index contributed by atoms with van der Waals surface area (Å²) in [6.07, 6.45) is 1.29. The molecule has 1 aromatic carbocycles. The van der Waals surface area contributed by atoms with E-state index >= 15 is 0 Å². The molecule has 0 aliphatic carbocycles. The van der Waals surface area contributed by atoms with Gasteiger partial charge in [-0.05, 0) is 30.0 Å². The second-order valence-electron chi connectivity index (χ2n) is 4.67. The molecule has 1 aliphatic heterocycles. The maximum Gasteiger partial charge on any atom is 0.0834 e. The molecule has 3 nitrogen and oxygen atoms in total. The molecule has 0 radical (unpaired) electrons. The summed E-state index contributed by atoms with van der Waals surface area (Å²) in [6.45, 7) is 5.07. The summed E-state index contributed by atoms with van der Waals surface area (Å²) in [5.74, 6) is 0.424. The lowest BCUT2D eigenvalue weighted by atomic mass is 10.0. The van der Waals surface area contributed by atoms with E-state index in [-0.39, 0.29) is 6.10 Å². The van der Waals surface area contributed by atoms with E-state index in [0.29, 0.717) is 19.1 Å².